The Balaban J connectivity index is 2.22. The maximum Gasteiger partial charge on any atom is 0.0456 e. The van der Waals surface area contributed by atoms with Crippen molar-refractivity contribution in [3.05, 3.63) is 34.3 Å². The normalized spacial score (nSPS) is 18.8. The van der Waals surface area contributed by atoms with Crippen LogP contribution in [-0.2, 0) is 0 Å². The van der Waals surface area contributed by atoms with Crippen LogP contribution in [0.2, 0.25) is 5.02 Å². The molecule has 1 aromatic carbocycles. The van der Waals surface area contributed by atoms with Crippen LogP contribution < -0.4 is 5.32 Å². The first-order chi connectivity index (χ1) is 8.72. The van der Waals surface area contributed by atoms with Crippen LogP contribution in [-0.4, -0.2) is 6.54 Å². The van der Waals surface area contributed by atoms with Crippen LogP contribution in [0.15, 0.2) is 18.2 Å². The molecule has 0 heterocycles. The summed E-state index contributed by atoms with van der Waals surface area (Å²) >= 11 is 6.44. The number of benzene rings is 1. The van der Waals surface area contributed by atoms with E-state index in [-0.39, 0.29) is 0 Å². The van der Waals surface area contributed by atoms with Gasteiger partial charge in [0.1, 0.15) is 0 Å². The van der Waals surface area contributed by atoms with Crippen LogP contribution in [0.5, 0.6) is 0 Å². The summed E-state index contributed by atoms with van der Waals surface area (Å²) in [4.78, 5) is 0. The summed E-state index contributed by atoms with van der Waals surface area (Å²) in [6, 6.07) is 6.90. The molecule has 18 heavy (non-hydrogen) atoms. The van der Waals surface area contributed by atoms with Gasteiger partial charge in [0.05, 0.1) is 0 Å². The van der Waals surface area contributed by atoms with E-state index in [1.165, 1.54) is 43.2 Å². The van der Waals surface area contributed by atoms with Crippen LogP contribution in [0.4, 0.5) is 0 Å². The SMILES string of the molecule is CCNC(c1ccc(C)cc1Cl)C1CCCCC1. The van der Waals surface area contributed by atoms with Gasteiger partial charge < -0.3 is 5.32 Å². The lowest BCUT2D eigenvalue weighted by atomic mass is 9.81. The molecular formula is C16H24ClN. The highest BCUT2D eigenvalue weighted by Gasteiger charge is 2.25. The first-order valence-electron chi connectivity index (χ1n) is 7.21. The molecule has 1 fully saturated rings. The molecule has 2 heteroatoms. The molecular weight excluding hydrogens is 242 g/mol. The lowest BCUT2D eigenvalue weighted by Crippen LogP contribution is -2.29. The molecule has 100 valence electrons. The predicted molar refractivity (Wildman–Crippen MR) is 79.2 cm³/mol. The first-order valence-corrected chi connectivity index (χ1v) is 7.59. The van der Waals surface area contributed by atoms with Crippen molar-refractivity contribution in [2.45, 2.75) is 52.0 Å². The third-order valence-corrected chi connectivity index (χ3v) is 4.36. The van der Waals surface area contributed by atoms with Crippen LogP contribution in [0.3, 0.4) is 0 Å². The van der Waals surface area contributed by atoms with Gasteiger partial charge in [-0.3, -0.25) is 0 Å². The fourth-order valence-corrected chi connectivity index (χ4v) is 3.46. The van der Waals surface area contributed by atoms with E-state index in [1.807, 2.05) is 0 Å². The second-order valence-corrected chi connectivity index (χ2v) is 5.87. The highest BCUT2D eigenvalue weighted by Crippen LogP contribution is 2.37. The lowest BCUT2D eigenvalue weighted by molar-refractivity contribution is 0.274. The fourth-order valence-electron chi connectivity index (χ4n) is 3.10. The topological polar surface area (TPSA) is 12.0 Å². The zero-order valence-electron chi connectivity index (χ0n) is 11.5. The van der Waals surface area contributed by atoms with Crippen molar-refractivity contribution in [3.63, 3.8) is 0 Å². The number of hydrogen-bond acceptors (Lipinski definition) is 1. The van der Waals surface area contributed by atoms with Crippen molar-refractivity contribution in [2.24, 2.45) is 5.92 Å². The number of halogens is 1. The van der Waals surface area contributed by atoms with E-state index in [0.717, 1.165) is 17.5 Å². The molecule has 1 atom stereocenters. The zero-order valence-corrected chi connectivity index (χ0v) is 12.3. The van der Waals surface area contributed by atoms with Crippen molar-refractivity contribution in [3.8, 4) is 0 Å². The first kappa shape index (κ1) is 13.9. The van der Waals surface area contributed by atoms with Gasteiger partial charge in [0.15, 0.2) is 0 Å². The summed E-state index contributed by atoms with van der Waals surface area (Å²) < 4.78 is 0. The molecule has 1 unspecified atom stereocenters. The Hall–Kier alpha value is -0.530. The van der Waals surface area contributed by atoms with E-state index in [0.29, 0.717) is 6.04 Å². The van der Waals surface area contributed by atoms with Gasteiger partial charge >= 0.3 is 0 Å². The average Bonchev–Trinajstić information content (AvgIpc) is 2.38. The summed E-state index contributed by atoms with van der Waals surface area (Å²) in [6.07, 6.45) is 6.81. The Labute approximate surface area is 116 Å². The van der Waals surface area contributed by atoms with Gasteiger partial charge in [-0.05, 0) is 49.4 Å². The lowest BCUT2D eigenvalue weighted by Gasteiger charge is -2.32. The molecule has 0 spiro atoms. The third-order valence-electron chi connectivity index (χ3n) is 4.04. The summed E-state index contributed by atoms with van der Waals surface area (Å²) in [6.45, 7) is 5.28. The molecule has 0 radical (unpaired) electrons. The molecule has 1 aromatic rings. The van der Waals surface area contributed by atoms with Crippen molar-refractivity contribution in [2.75, 3.05) is 6.54 Å². The van der Waals surface area contributed by atoms with E-state index in [1.54, 1.807) is 0 Å². The number of aryl methyl sites for hydroxylation is 1. The Morgan fingerprint density at radius 3 is 2.61 bits per heavy atom. The molecule has 1 N–H and O–H groups in total. The molecule has 0 aromatic heterocycles. The van der Waals surface area contributed by atoms with Crippen LogP contribution in [0.25, 0.3) is 0 Å². The zero-order chi connectivity index (χ0) is 13.0. The van der Waals surface area contributed by atoms with Gasteiger partial charge in [-0.25, -0.2) is 0 Å². The molecule has 2 rings (SSSR count). The number of rotatable bonds is 4. The molecule has 0 amide bonds. The Bertz CT molecular complexity index is 383. The second-order valence-electron chi connectivity index (χ2n) is 5.46. The van der Waals surface area contributed by atoms with Gasteiger partial charge in [0.25, 0.3) is 0 Å². The van der Waals surface area contributed by atoms with Crippen LogP contribution in [0.1, 0.15) is 56.2 Å². The molecule has 1 nitrogen and oxygen atoms in total. The monoisotopic (exact) mass is 265 g/mol. The van der Waals surface area contributed by atoms with Crippen molar-refractivity contribution in [1.29, 1.82) is 0 Å². The largest absolute Gasteiger partial charge is 0.310 e. The third kappa shape index (κ3) is 3.27. The molecule has 0 aliphatic heterocycles. The highest BCUT2D eigenvalue weighted by atomic mass is 35.5. The summed E-state index contributed by atoms with van der Waals surface area (Å²) in [5, 5.41) is 4.57. The minimum atomic E-state index is 0.434. The molecule has 1 aliphatic rings. The highest BCUT2D eigenvalue weighted by molar-refractivity contribution is 6.31. The summed E-state index contributed by atoms with van der Waals surface area (Å²) in [5.74, 6) is 0.749. The van der Waals surface area contributed by atoms with E-state index in [9.17, 15) is 0 Å². The van der Waals surface area contributed by atoms with E-state index in [4.69, 9.17) is 11.6 Å². The fraction of sp³-hybridized carbons (Fsp3) is 0.625. The number of hydrogen-bond donors (Lipinski definition) is 1. The second kappa shape index (κ2) is 6.58. The summed E-state index contributed by atoms with van der Waals surface area (Å²) in [5.41, 5.74) is 2.53. The van der Waals surface area contributed by atoms with Gasteiger partial charge in [0, 0.05) is 11.1 Å². The van der Waals surface area contributed by atoms with E-state index in [2.05, 4.69) is 37.4 Å². The molecule has 0 saturated heterocycles. The molecule has 0 bridgehead atoms. The standard InChI is InChI=1S/C16H24ClN/c1-3-18-16(13-7-5-4-6-8-13)14-10-9-12(2)11-15(14)17/h9-11,13,16,18H,3-8H2,1-2H3. The number of nitrogens with one attached hydrogen (secondary N) is 1. The van der Waals surface area contributed by atoms with Gasteiger partial charge in [-0.2, -0.15) is 0 Å². The molecule has 1 saturated carbocycles. The van der Waals surface area contributed by atoms with E-state index < -0.39 is 0 Å². The minimum Gasteiger partial charge on any atom is -0.310 e. The smallest absolute Gasteiger partial charge is 0.0456 e. The maximum atomic E-state index is 6.44. The molecule has 1 aliphatic carbocycles. The van der Waals surface area contributed by atoms with Crippen LogP contribution >= 0.6 is 11.6 Å². The average molecular weight is 266 g/mol. The Morgan fingerprint density at radius 1 is 1.28 bits per heavy atom. The van der Waals surface area contributed by atoms with E-state index >= 15 is 0 Å². The van der Waals surface area contributed by atoms with Gasteiger partial charge in [-0.1, -0.05) is 49.9 Å². The van der Waals surface area contributed by atoms with Crippen molar-refractivity contribution < 1.29 is 0 Å². The minimum absolute atomic E-state index is 0.434. The predicted octanol–water partition coefficient (Wildman–Crippen LogP) is 4.88. The van der Waals surface area contributed by atoms with Crippen molar-refractivity contribution in [1.82, 2.24) is 5.32 Å². The maximum absolute atomic E-state index is 6.44. The Morgan fingerprint density at radius 2 is 2.00 bits per heavy atom. The van der Waals surface area contributed by atoms with Gasteiger partial charge in [-0.15, -0.1) is 0 Å². The quantitative estimate of drug-likeness (QED) is 0.818. The summed E-state index contributed by atoms with van der Waals surface area (Å²) in [7, 11) is 0. The van der Waals surface area contributed by atoms with Gasteiger partial charge in [0.2, 0.25) is 0 Å². The van der Waals surface area contributed by atoms with Crippen LogP contribution in [0, 0.1) is 12.8 Å². The Kier molecular flexibility index (Phi) is 5.08. The van der Waals surface area contributed by atoms with Crippen molar-refractivity contribution >= 4 is 11.6 Å².